The molecule has 130 valence electrons. The Morgan fingerprint density at radius 3 is 2.80 bits per heavy atom. The molecule has 5 nitrogen and oxygen atoms in total. The number of hydrogen-bond acceptors (Lipinski definition) is 3. The highest BCUT2D eigenvalue weighted by Crippen LogP contribution is 2.32. The molecule has 0 spiro atoms. The van der Waals surface area contributed by atoms with Crippen molar-refractivity contribution in [1.82, 2.24) is 15.3 Å². The van der Waals surface area contributed by atoms with E-state index in [0.29, 0.717) is 22.8 Å². The van der Waals surface area contributed by atoms with Crippen LogP contribution in [-0.2, 0) is 11.3 Å². The number of benzene rings is 1. The zero-order valence-corrected chi connectivity index (χ0v) is 13.9. The van der Waals surface area contributed by atoms with Crippen LogP contribution in [-0.4, -0.2) is 22.5 Å². The summed E-state index contributed by atoms with van der Waals surface area (Å²) in [6.07, 6.45) is 1.22. The molecule has 25 heavy (non-hydrogen) atoms. The van der Waals surface area contributed by atoms with Gasteiger partial charge in [0.1, 0.15) is 5.75 Å². The van der Waals surface area contributed by atoms with Crippen LogP contribution in [0.1, 0.15) is 12.6 Å². The van der Waals surface area contributed by atoms with Gasteiger partial charge in [0, 0.05) is 29.1 Å². The van der Waals surface area contributed by atoms with Crippen molar-refractivity contribution in [2.75, 3.05) is 0 Å². The van der Waals surface area contributed by atoms with E-state index in [1.807, 2.05) is 12.1 Å². The van der Waals surface area contributed by atoms with Gasteiger partial charge in [0.25, 0.3) is 0 Å². The molecule has 0 atom stereocenters. The lowest BCUT2D eigenvalue weighted by Gasteiger charge is -2.07. The van der Waals surface area contributed by atoms with Gasteiger partial charge in [0.05, 0.1) is 23.5 Å². The van der Waals surface area contributed by atoms with Gasteiger partial charge < -0.3 is 15.0 Å². The summed E-state index contributed by atoms with van der Waals surface area (Å²) < 4.78 is 28.7. The Kier molecular flexibility index (Phi) is 4.85. The van der Waals surface area contributed by atoms with Crippen molar-refractivity contribution in [3.8, 4) is 17.0 Å². The Labute approximate surface area is 147 Å². The molecule has 0 bridgehead atoms. The summed E-state index contributed by atoms with van der Waals surface area (Å²) in [6.45, 7) is -1.06. The average molecular weight is 366 g/mol. The van der Waals surface area contributed by atoms with Crippen molar-refractivity contribution in [3.05, 3.63) is 47.2 Å². The second kappa shape index (κ2) is 7.06. The van der Waals surface area contributed by atoms with Gasteiger partial charge >= 0.3 is 6.61 Å². The smallest absolute Gasteiger partial charge is 0.387 e. The normalized spacial score (nSPS) is 11.1. The maximum absolute atomic E-state index is 12.2. The zero-order chi connectivity index (χ0) is 18.0. The van der Waals surface area contributed by atoms with Gasteiger partial charge in [0.2, 0.25) is 5.91 Å². The van der Waals surface area contributed by atoms with Crippen LogP contribution >= 0.6 is 11.6 Å². The van der Waals surface area contributed by atoms with Crippen LogP contribution in [0.25, 0.3) is 22.2 Å². The van der Waals surface area contributed by atoms with Crippen LogP contribution in [0.5, 0.6) is 5.75 Å². The second-order valence-electron chi connectivity index (χ2n) is 5.38. The topological polar surface area (TPSA) is 67.0 Å². The molecule has 0 aliphatic rings. The van der Waals surface area contributed by atoms with Crippen molar-refractivity contribution in [1.29, 1.82) is 0 Å². The van der Waals surface area contributed by atoms with Crippen LogP contribution in [0.2, 0.25) is 5.02 Å². The van der Waals surface area contributed by atoms with Crippen molar-refractivity contribution >= 4 is 28.4 Å². The highest BCUT2D eigenvalue weighted by atomic mass is 35.5. The van der Waals surface area contributed by atoms with E-state index < -0.39 is 6.61 Å². The molecule has 0 radical (unpaired) electrons. The van der Waals surface area contributed by atoms with Crippen LogP contribution in [0.3, 0.4) is 0 Å². The van der Waals surface area contributed by atoms with E-state index in [2.05, 4.69) is 20.0 Å². The summed E-state index contributed by atoms with van der Waals surface area (Å²) >= 11 is 6.32. The third-order valence-corrected chi connectivity index (χ3v) is 3.84. The molecule has 0 aliphatic heterocycles. The molecule has 2 aromatic heterocycles. The van der Waals surface area contributed by atoms with Gasteiger partial charge in [-0.2, -0.15) is 8.78 Å². The fourth-order valence-electron chi connectivity index (χ4n) is 2.44. The van der Waals surface area contributed by atoms with Crippen LogP contribution in [0.4, 0.5) is 8.78 Å². The highest BCUT2D eigenvalue weighted by molar-refractivity contribution is 6.34. The van der Waals surface area contributed by atoms with Crippen molar-refractivity contribution in [3.63, 3.8) is 0 Å². The minimum absolute atomic E-state index is 0.0200. The number of carbonyl (C=O) groups excluding carboxylic acids is 1. The number of fused-ring (bicyclic) bond motifs is 1. The standard InChI is InChI=1S/C17H14ClF2N3O2/c1-9(24)21-7-11-4-10-5-14(18)13(6-16(10)23-11)15-3-2-12(8-22-15)25-17(19)20/h2-6,8,17,23H,7H2,1H3,(H,21,24). The van der Waals surface area contributed by atoms with Crippen LogP contribution in [0, 0.1) is 0 Å². The lowest BCUT2D eigenvalue weighted by atomic mass is 10.1. The lowest BCUT2D eigenvalue weighted by molar-refractivity contribution is -0.119. The maximum Gasteiger partial charge on any atom is 0.387 e. The fourth-order valence-corrected chi connectivity index (χ4v) is 2.71. The molecule has 3 rings (SSSR count). The number of aromatic amines is 1. The summed E-state index contributed by atoms with van der Waals surface area (Å²) in [4.78, 5) is 18.3. The molecule has 0 fully saturated rings. The predicted molar refractivity (Wildman–Crippen MR) is 90.7 cm³/mol. The Morgan fingerprint density at radius 1 is 1.36 bits per heavy atom. The molecule has 3 aromatic rings. The van der Waals surface area contributed by atoms with Crippen molar-refractivity contribution in [2.24, 2.45) is 0 Å². The Balaban J connectivity index is 1.90. The molecule has 1 aromatic carbocycles. The summed E-state index contributed by atoms with van der Waals surface area (Å²) in [6, 6.07) is 8.47. The number of halogens is 3. The lowest BCUT2D eigenvalue weighted by Crippen LogP contribution is -2.18. The number of alkyl halides is 2. The molecule has 2 heterocycles. The van der Waals surface area contributed by atoms with Crippen LogP contribution < -0.4 is 10.1 Å². The number of ether oxygens (including phenoxy) is 1. The van der Waals surface area contributed by atoms with Gasteiger partial charge in [0.15, 0.2) is 0 Å². The maximum atomic E-state index is 12.2. The van der Waals surface area contributed by atoms with Gasteiger partial charge in [-0.3, -0.25) is 9.78 Å². The second-order valence-corrected chi connectivity index (χ2v) is 5.79. The van der Waals surface area contributed by atoms with Gasteiger partial charge in [-0.15, -0.1) is 0 Å². The van der Waals surface area contributed by atoms with E-state index in [9.17, 15) is 13.6 Å². The molecular formula is C17H14ClF2N3O2. The monoisotopic (exact) mass is 365 g/mol. The van der Waals surface area contributed by atoms with E-state index in [1.54, 1.807) is 12.1 Å². The van der Waals surface area contributed by atoms with E-state index in [0.717, 1.165) is 16.6 Å². The first-order chi connectivity index (χ1) is 11.9. The molecule has 0 unspecified atom stereocenters. The van der Waals surface area contributed by atoms with Crippen molar-refractivity contribution < 1.29 is 18.3 Å². The average Bonchev–Trinajstić information content (AvgIpc) is 2.94. The number of carbonyl (C=O) groups is 1. The van der Waals surface area contributed by atoms with E-state index >= 15 is 0 Å². The van der Waals surface area contributed by atoms with Gasteiger partial charge in [-0.1, -0.05) is 11.6 Å². The SMILES string of the molecule is CC(=O)NCc1cc2cc(Cl)c(-c3ccc(OC(F)F)cn3)cc2[nH]1. The number of aromatic nitrogens is 2. The Hall–Kier alpha value is -2.67. The van der Waals surface area contributed by atoms with Crippen molar-refractivity contribution in [2.45, 2.75) is 20.1 Å². The number of nitrogens with zero attached hydrogens (tertiary/aromatic N) is 1. The molecule has 0 saturated heterocycles. The summed E-state index contributed by atoms with van der Waals surface area (Å²) in [5.41, 5.74) is 2.86. The van der Waals surface area contributed by atoms with Crippen LogP contribution in [0.15, 0.2) is 36.5 Å². The van der Waals surface area contributed by atoms with E-state index in [1.165, 1.54) is 19.2 Å². The van der Waals surface area contributed by atoms with E-state index in [-0.39, 0.29) is 11.7 Å². The zero-order valence-electron chi connectivity index (χ0n) is 13.1. The van der Waals surface area contributed by atoms with Gasteiger partial charge in [-0.25, -0.2) is 0 Å². The number of rotatable bonds is 5. The van der Waals surface area contributed by atoms with E-state index in [4.69, 9.17) is 11.6 Å². The first-order valence-electron chi connectivity index (χ1n) is 7.39. The number of hydrogen-bond donors (Lipinski definition) is 2. The molecule has 8 heteroatoms. The quantitative estimate of drug-likeness (QED) is 0.714. The van der Waals surface area contributed by atoms with Gasteiger partial charge in [-0.05, 0) is 30.3 Å². The first-order valence-corrected chi connectivity index (χ1v) is 7.77. The molecule has 0 saturated carbocycles. The highest BCUT2D eigenvalue weighted by Gasteiger charge is 2.11. The molecular weight excluding hydrogens is 352 g/mol. The minimum atomic E-state index is -2.89. The molecule has 1 amide bonds. The first kappa shape index (κ1) is 17.2. The Morgan fingerprint density at radius 2 is 2.16 bits per heavy atom. The number of H-pyrrole nitrogens is 1. The summed E-state index contributed by atoms with van der Waals surface area (Å²) in [5.74, 6) is -0.138. The third-order valence-electron chi connectivity index (χ3n) is 3.53. The Bertz CT molecular complexity index is 910. The number of pyridine rings is 1. The summed E-state index contributed by atoms with van der Waals surface area (Å²) in [7, 11) is 0. The number of amides is 1. The number of nitrogens with one attached hydrogen (secondary N) is 2. The largest absolute Gasteiger partial charge is 0.433 e. The third kappa shape index (κ3) is 4.06. The predicted octanol–water partition coefficient (Wildman–Crippen LogP) is 4.12. The fraction of sp³-hybridized carbons (Fsp3) is 0.176. The molecule has 0 aliphatic carbocycles. The molecule has 2 N–H and O–H groups in total. The summed E-state index contributed by atoms with van der Waals surface area (Å²) in [5, 5.41) is 4.09. The minimum Gasteiger partial charge on any atom is -0.433 e.